The number of aromatic nitrogens is 2. The van der Waals surface area contributed by atoms with Crippen LogP contribution in [0.15, 0.2) is 36.5 Å². The molecule has 1 N–H and O–H groups in total. The minimum atomic E-state index is 0.586. The summed E-state index contributed by atoms with van der Waals surface area (Å²) in [6.07, 6.45) is 1.75. The first-order valence-electron chi connectivity index (χ1n) is 6.85. The fourth-order valence-electron chi connectivity index (χ4n) is 2.19. The monoisotopic (exact) mass is 270 g/mol. The fraction of sp³-hybridized carbons (Fsp3) is 0.333. The molecule has 1 aromatic carbocycles. The van der Waals surface area contributed by atoms with E-state index < -0.39 is 0 Å². The number of piperazine rings is 1. The van der Waals surface area contributed by atoms with Crippen molar-refractivity contribution in [2.24, 2.45) is 0 Å². The molecule has 0 saturated carbocycles. The fourth-order valence-corrected chi connectivity index (χ4v) is 2.19. The number of rotatable bonds is 3. The van der Waals surface area contributed by atoms with Crippen molar-refractivity contribution in [1.29, 1.82) is 0 Å². The number of nitrogens with zero attached hydrogens (tertiary/aromatic N) is 3. The number of hydrogen-bond acceptors (Lipinski definition) is 5. The van der Waals surface area contributed by atoms with Crippen LogP contribution in [0, 0.1) is 6.92 Å². The maximum absolute atomic E-state index is 5.85. The third-order valence-corrected chi connectivity index (χ3v) is 3.33. The maximum atomic E-state index is 5.85. The van der Waals surface area contributed by atoms with Gasteiger partial charge in [0.05, 0.1) is 0 Å². The normalized spacial score (nSPS) is 15.2. The topological polar surface area (TPSA) is 50.3 Å². The SMILES string of the molecule is Cc1ccccc1Oc1ccnc(N2CCNCC2)n1. The van der Waals surface area contributed by atoms with E-state index in [0.29, 0.717) is 5.88 Å². The zero-order valence-corrected chi connectivity index (χ0v) is 11.5. The van der Waals surface area contributed by atoms with Crippen molar-refractivity contribution in [3.8, 4) is 11.6 Å². The number of aryl methyl sites for hydroxylation is 1. The Morgan fingerprint density at radius 1 is 1.15 bits per heavy atom. The van der Waals surface area contributed by atoms with Gasteiger partial charge in [-0.15, -0.1) is 0 Å². The standard InChI is InChI=1S/C15H18N4O/c1-12-4-2-3-5-13(12)20-14-6-7-17-15(18-14)19-10-8-16-9-11-19/h2-7,16H,8-11H2,1H3. The molecule has 1 aliphatic rings. The van der Waals surface area contributed by atoms with Gasteiger partial charge in [-0.1, -0.05) is 18.2 Å². The molecule has 0 spiro atoms. The Labute approximate surface area is 118 Å². The summed E-state index contributed by atoms with van der Waals surface area (Å²) in [4.78, 5) is 11.0. The number of nitrogens with one attached hydrogen (secondary N) is 1. The molecular formula is C15H18N4O. The number of ether oxygens (including phenoxy) is 1. The molecule has 0 unspecified atom stereocenters. The molecule has 0 amide bonds. The Hall–Kier alpha value is -2.14. The quantitative estimate of drug-likeness (QED) is 0.924. The van der Waals surface area contributed by atoms with Crippen molar-refractivity contribution in [2.45, 2.75) is 6.92 Å². The lowest BCUT2D eigenvalue weighted by Crippen LogP contribution is -2.44. The van der Waals surface area contributed by atoms with Gasteiger partial charge in [0.2, 0.25) is 11.8 Å². The van der Waals surface area contributed by atoms with E-state index >= 15 is 0 Å². The third-order valence-electron chi connectivity index (χ3n) is 3.33. The predicted molar refractivity (Wildman–Crippen MR) is 78.4 cm³/mol. The second-order valence-electron chi connectivity index (χ2n) is 4.80. The Morgan fingerprint density at radius 2 is 1.95 bits per heavy atom. The summed E-state index contributed by atoms with van der Waals surface area (Å²) in [6.45, 7) is 5.80. The number of anilines is 1. The maximum Gasteiger partial charge on any atom is 0.228 e. The summed E-state index contributed by atoms with van der Waals surface area (Å²) in [6, 6.07) is 9.71. The van der Waals surface area contributed by atoms with Crippen molar-refractivity contribution < 1.29 is 4.74 Å². The van der Waals surface area contributed by atoms with E-state index in [1.165, 1.54) is 0 Å². The molecule has 3 rings (SSSR count). The van der Waals surface area contributed by atoms with E-state index in [0.717, 1.165) is 43.4 Å². The molecular weight excluding hydrogens is 252 g/mol. The van der Waals surface area contributed by atoms with E-state index in [2.05, 4.69) is 20.2 Å². The summed E-state index contributed by atoms with van der Waals surface area (Å²) < 4.78 is 5.85. The first-order valence-corrected chi connectivity index (χ1v) is 6.85. The molecule has 0 radical (unpaired) electrons. The van der Waals surface area contributed by atoms with Gasteiger partial charge in [0.1, 0.15) is 5.75 Å². The zero-order valence-electron chi connectivity index (χ0n) is 11.5. The van der Waals surface area contributed by atoms with Crippen LogP contribution in [0.5, 0.6) is 11.6 Å². The van der Waals surface area contributed by atoms with E-state index in [-0.39, 0.29) is 0 Å². The highest BCUT2D eigenvalue weighted by molar-refractivity contribution is 5.37. The minimum absolute atomic E-state index is 0.586. The van der Waals surface area contributed by atoms with Crippen LogP contribution in [0.4, 0.5) is 5.95 Å². The largest absolute Gasteiger partial charge is 0.439 e. The van der Waals surface area contributed by atoms with Gasteiger partial charge in [0, 0.05) is 38.4 Å². The lowest BCUT2D eigenvalue weighted by molar-refractivity contribution is 0.456. The van der Waals surface area contributed by atoms with Crippen molar-refractivity contribution in [1.82, 2.24) is 15.3 Å². The van der Waals surface area contributed by atoms with E-state index in [4.69, 9.17) is 4.74 Å². The molecule has 5 heteroatoms. The number of hydrogen-bond donors (Lipinski definition) is 1. The van der Waals surface area contributed by atoms with Gasteiger partial charge < -0.3 is 15.0 Å². The van der Waals surface area contributed by atoms with Crippen LogP contribution in [0.2, 0.25) is 0 Å². The Kier molecular flexibility index (Phi) is 3.78. The van der Waals surface area contributed by atoms with Crippen molar-refractivity contribution in [2.75, 3.05) is 31.1 Å². The molecule has 20 heavy (non-hydrogen) atoms. The van der Waals surface area contributed by atoms with Crippen LogP contribution in [0.3, 0.4) is 0 Å². The van der Waals surface area contributed by atoms with Crippen LogP contribution in [0.25, 0.3) is 0 Å². The molecule has 0 bridgehead atoms. The molecule has 1 aliphatic heterocycles. The third kappa shape index (κ3) is 2.88. The van der Waals surface area contributed by atoms with Gasteiger partial charge in [-0.2, -0.15) is 4.98 Å². The van der Waals surface area contributed by atoms with Gasteiger partial charge in [-0.25, -0.2) is 4.98 Å². The van der Waals surface area contributed by atoms with Gasteiger partial charge in [0.25, 0.3) is 0 Å². The first-order chi connectivity index (χ1) is 9.83. The lowest BCUT2D eigenvalue weighted by atomic mass is 10.2. The van der Waals surface area contributed by atoms with Crippen LogP contribution in [-0.4, -0.2) is 36.1 Å². The molecule has 1 fully saturated rings. The first kappa shape index (κ1) is 12.9. The lowest BCUT2D eigenvalue weighted by Gasteiger charge is -2.27. The van der Waals surface area contributed by atoms with Gasteiger partial charge in [-0.3, -0.25) is 0 Å². The second kappa shape index (κ2) is 5.88. The molecule has 104 valence electrons. The summed E-state index contributed by atoms with van der Waals surface area (Å²) in [7, 11) is 0. The molecule has 5 nitrogen and oxygen atoms in total. The van der Waals surface area contributed by atoms with Gasteiger partial charge in [0.15, 0.2) is 0 Å². The molecule has 0 aliphatic carbocycles. The molecule has 2 aromatic rings. The van der Waals surface area contributed by atoms with Crippen molar-refractivity contribution >= 4 is 5.95 Å². The predicted octanol–water partition coefficient (Wildman–Crippen LogP) is 1.99. The van der Waals surface area contributed by atoms with Crippen LogP contribution >= 0.6 is 0 Å². The van der Waals surface area contributed by atoms with Crippen molar-refractivity contribution in [3.05, 3.63) is 42.1 Å². The van der Waals surface area contributed by atoms with Crippen LogP contribution in [0.1, 0.15) is 5.56 Å². The molecule has 0 atom stereocenters. The highest BCUT2D eigenvalue weighted by Crippen LogP contribution is 2.23. The number of benzene rings is 1. The van der Waals surface area contributed by atoms with E-state index in [1.807, 2.05) is 31.2 Å². The summed E-state index contributed by atoms with van der Waals surface area (Å²) in [5, 5.41) is 3.32. The smallest absolute Gasteiger partial charge is 0.228 e. The summed E-state index contributed by atoms with van der Waals surface area (Å²) in [5.74, 6) is 2.15. The average molecular weight is 270 g/mol. The second-order valence-corrected chi connectivity index (χ2v) is 4.80. The van der Waals surface area contributed by atoms with Gasteiger partial charge >= 0.3 is 0 Å². The molecule has 1 aromatic heterocycles. The summed E-state index contributed by atoms with van der Waals surface area (Å²) >= 11 is 0. The molecule has 2 heterocycles. The van der Waals surface area contributed by atoms with Crippen LogP contribution in [-0.2, 0) is 0 Å². The average Bonchev–Trinajstić information content (AvgIpc) is 2.51. The zero-order chi connectivity index (χ0) is 13.8. The van der Waals surface area contributed by atoms with Gasteiger partial charge in [-0.05, 0) is 18.6 Å². The Bertz CT molecular complexity index is 582. The Balaban J connectivity index is 1.79. The number of para-hydroxylation sites is 1. The molecule has 1 saturated heterocycles. The van der Waals surface area contributed by atoms with E-state index in [1.54, 1.807) is 12.3 Å². The minimum Gasteiger partial charge on any atom is -0.439 e. The highest BCUT2D eigenvalue weighted by Gasteiger charge is 2.13. The highest BCUT2D eigenvalue weighted by atomic mass is 16.5. The van der Waals surface area contributed by atoms with E-state index in [9.17, 15) is 0 Å². The van der Waals surface area contributed by atoms with Crippen molar-refractivity contribution in [3.63, 3.8) is 0 Å². The summed E-state index contributed by atoms with van der Waals surface area (Å²) in [5.41, 5.74) is 1.09. The van der Waals surface area contributed by atoms with Crippen LogP contribution < -0.4 is 15.0 Å². The Morgan fingerprint density at radius 3 is 2.75 bits per heavy atom.